The van der Waals surface area contributed by atoms with Gasteiger partial charge in [-0.25, -0.2) is 0 Å². The van der Waals surface area contributed by atoms with Crippen LogP contribution in [0.25, 0.3) is 0 Å². The Bertz CT molecular complexity index is 165. The van der Waals surface area contributed by atoms with Crippen LogP contribution in [0.1, 0.15) is 45.4 Å². The highest BCUT2D eigenvalue weighted by molar-refractivity contribution is 5.75. The minimum atomic E-state index is 0.213. The van der Waals surface area contributed by atoms with E-state index in [9.17, 15) is 4.79 Å². The molecule has 14 heavy (non-hydrogen) atoms. The van der Waals surface area contributed by atoms with Gasteiger partial charge in [-0.15, -0.1) is 0 Å². The number of amides is 1. The van der Waals surface area contributed by atoms with Gasteiger partial charge in [0.25, 0.3) is 0 Å². The van der Waals surface area contributed by atoms with Gasteiger partial charge in [0.05, 0.1) is 0 Å². The van der Waals surface area contributed by atoms with Crippen molar-refractivity contribution in [2.75, 3.05) is 13.1 Å². The van der Waals surface area contributed by atoms with Crippen molar-refractivity contribution in [3.8, 4) is 0 Å². The summed E-state index contributed by atoms with van der Waals surface area (Å²) in [5.74, 6) is 0.213. The van der Waals surface area contributed by atoms with Gasteiger partial charge < -0.3 is 10.6 Å². The molecule has 1 aliphatic heterocycles. The smallest absolute Gasteiger partial charge is 0.219 e. The molecule has 1 amide bonds. The van der Waals surface area contributed by atoms with Crippen molar-refractivity contribution < 1.29 is 4.79 Å². The van der Waals surface area contributed by atoms with Crippen LogP contribution >= 0.6 is 0 Å². The summed E-state index contributed by atoms with van der Waals surface area (Å²) in [6.45, 7) is 4.09. The van der Waals surface area contributed by atoms with Gasteiger partial charge in [0, 0.05) is 19.0 Å². The van der Waals surface area contributed by atoms with Crippen LogP contribution < -0.4 is 10.6 Å². The quantitative estimate of drug-likeness (QED) is 0.678. The van der Waals surface area contributed by atoms with E-state index in [0.29, 0.717) is 12.5 Å². The number of unbranched alkanes of at least 4 members (excludes halogenated alkanes) is 1. The molecule has 2 N–H and O–H groups in total. The average molecular weight is 198 g/mol. The predicted octanol–water partition coefficient (Wildman–Crippen LogP) is 1.43. The molecule has 3 nitrogen and oxygen atoms in total. The molecule has 1 unspecified atom stereocenters. The monoisotopic (exact) mass is 198 g/mol. The molecule has 0 bridgehead atoms. The van der Waals surface area contributed by atoms with E-state index in [-0.39, 0.29) is 5.91 Å². The zero-order chi connectivity index (χ0) is 10.2. The van der Waals surface area contributed by atoms with Gasteiger partial charge in [-0.05, 0) is 32.2 Å². The maximum atomic E-state index is 11.2. The lowest BCUT2D eigenvalue weighted by atomic mass is 10.1. The van der Waals surface area contributed by atoms with Crippen molar-refractivity contribution in [3.05, 3.63) is 0 Å². The van der Waals surface area contributed by atoms with Gasteiger partial charge in [-0.2, -0.15) is 0 Å². The number of hydrogen-bond acceptors (Lipinski definition) is 2. The van der Waals surface area contributed by atoms with Crippen molar-refractivity contribution in [1.82, 2.24) is 10.6 Å². The van der Waals surface area contributed by atoms with Crippen molar-refractivity contribution in [1.29, 1.82) is 0 Å². The Balaban J connectivity index is 1.94. The van der Waals surface area contributed by atoms with Gasteiger partial charge in [0.2, 0.25) is 5.91 Å². The Morgan fingerprint density at radius 3 is 3.07 bits per heavy atom. The largest absolute Gasteiger partial charge is 0.356 e. The topological polar surface area (TPSA) is 41.1 Å². The van der Waals surface area contributed by atoms with E-state index in [1.165, 1.54) is 12.8 Å². The minimum Gasteiger partial charge on any atom is -0.356 e. The first kappa shape index (κ1) is 11.5. The first-order valence-corrected chi connectivity index (χ1v) is 5.83. The van der Waals surface area contributed by atoms with E-state index in [2.05, 4.69) is 17.6 Å². The molecule has 0 saturated carbocycles. The van der Waals surface area contributed by atoms with Gasteiger partial charge in [-0.3, -0.25) is 4.79 Å². The summed E-state index contributed by atoms with van der Waals surface area (Å²) in [6.07, 6.45) is 6.43. The third kappa shape index (κ3) is 4.61. The number of hydrogen-bond donors (Lipinski definition) is 2. The van der Waals surface area contributed by atoms with Crippen LogP contribution in [0.5, 0.6) is 0 Å². The third-order valence-corrected chi connectivity index (χ3v) is 2.73. The average Bonchev–Trinajstić information content (AvgIpc) is 2.67. The van der Waals surface area contributed by atoms with E-state index in [1.54, 1.807) is 0 Å². The van der Waals surface area contributed by atoms with Crippen molar-refractivity contribution in [3.63, 3.8) is 0 Å². The van der Waals surface area contributed by atoms with Crippen LogP contribution in [-0.2, 0) is 4.79 Å². The van der Waals surface area contributed by atoms with Crippen molar-refractivity contribution >= 4 is 5.91 Å². The molecule has 1 fully saturated rings. The van der Waals surface area contributed by atoms with Crippen LogP contribution in [0.3, 0.4) is 0 Å². The Morgan fingerprint density at radius 2 is 2.43 bits per heavy atom. The highest BCUT2D eigenvalue weighted by Gasteiger charge is 2.13. The molecular weight excluding hydrogens is 176 g/mol. The molecule has 0 aliphatic carbocycles. The lowest BCUT2D eigenvalue weighted by Crippen LogP contribution is -2.30. The van der Waals surface area contributed by atoms with E-state index in [1.807, 2.05) is 0 Å². The van der Waals surface area contributed by atoms with E-state index in [4.69, 9.17) is 0 Å². The van der Waals surface area contributed by atoms with Gasteiger partial charge in [-0.1, -0.05) is 13.3 Å². The van der Waals surface area contributed by atoms with Crippen LogP contribution in [0.2, 0.25) is 0 Å². The first-order valence-electron chi connectivity index (χ1n) is 5.83. The van der Waals surface area contributed by atoms with E-state index < -0.39 is 0 Å². The molecular formula is C11H22N2O. The number of carbonyl (C=O) groups excluding carboxylic acids is 1. The molecule has 0 aromatic rings. The molecule has 1 rings (SSSR count). The molecule has 1 heterocycles. The molecule has 3 heteroatoms. The van der Waals surface area contributed by atoms with Crippen LogP contribution in [0, 0.1) is 0 Å². The van der Waals surface area contributed by atoms with Gasteiger partial charge in [0.15, 0.2) is 0 Å². The van der Waals surface area contributed by atoms with Crippen molar-refractivity contribution in [2.45, 2.75) is 51.5 Å². The summed E-state index contributed by atoms with van der Waals surface area (Å²) < 4.78 is 0. The normalized spacial score (nSPS) is 21.1. The minimum absolute atomic E-state index is 0.213. The third-order valence-electron chi connectivity index (χ3n) is 2.73. The molecule has 0 radical (unpaired) electrons. The summed E-state index contributed by atoms with van der Waals surface area (Å²) >= 11 is 0. The maximum absolute atomic E-state index is 11.2. The highest BCUT2D eigenvalue weighted by atomic mass is 16.1. The molecule has 0 aromatic heterocycles. The van der Waals surface area contributed by atoms with Gasteiger partial charge >= 0.3 is 0 Å². The van der Waals surface area contributed by atoms with E-state index >= 15 is 0 Å². The molecule has 1 aliphatic rings. The Hall–Kier alpha value is -0.570. The standard InChI is InChI=1S/C11H22N2O/c1-2-3-6-11(14)13-9-7-10-5-4-8-12-10/h10,12H,2-9H2,1H3,(H,13,14). The highest BCUT2D eigenvalue weighted by Crippen LogP contribution is 2.07. The fourth-order valence-electron chi connectivity index (χ4n) is 1.81. The molecule has 1 atom stereocenters. The zero-order valence-electron chi connectivity index (χ0n) is 9.14. The second kappa shape index (κ2) is 6.82. The number of rotatable bonds is 6. The second-order valence-corrected chi connectivity index (χ2v) is 4.04. The van der Waals surface area contributed by atoms with Crippen molar-refractivity contribution in [2.24, 2.45) is 0 Å². The summed E-state index contributed by atoms with van der Waals surface area (Å²) in [5.41, 5.74) is 0. The Morgan fingerprint density at radius 1 is 1.57 bits per heavy atom. The summed E-state index contributed by atoms with van der Waals surface area (Å²) in [5, 5.41) is 6.39. The Labute approximate surface area is 86.6 Å². The zero-order valence-corrected chi connectivity index (χ0v) is 9.14. The fourth-order valence-corrected chi connectivity index (χ4v) is 1.81. The predicted molar refractivity (Wildman–Crippen MR) is 58.2 cm³/mol. The first-order chi connectivity index (χ1) is 6.83. The lowest BCUT2D eigenvalue weighted by Gasteiger charge is -2.10. The lowest BCUT2D eigenvalue weighted by molar-refractivity contribution is -0.121. The SMILES string of the molecule is CCCCC(=O)NCCC1CCCN1. The maximum Gasteiger partial charge on any atom is 0.219 e. The molecule has 0 spiro atoms. The molecule has 1 saturated heterocycles. The van der Waals surface area contributed by atoms with Crippen LogP contribution in [0.4, 0.5) is 0 Å². The van der Waals surface area contributed by atoms with Crippen LogP contribution in [-0.4, -0.2) is 25.0 Å². The fraction of sp³-hybridized carbons (Fsp3) is 0.909. The number of carbonyl (C=O) groups is 1. The summed E-state index contributed by atoms with van der Waals surface area (Å²) in [6, 6.07) is 0.640. The van der Waals surface area contributed by atoms with Gasteiger partial charge in [0.1, 0.15) is 0 Å². The molecule has 0 aromatic carbocycles. The van der Waals surface area contributed by atoms with Crippen LogP contribution in [0.15, 0.2) is 0 Å². The number of nitrogens with one attached hydrogen (secondary N) is 2. The summed E-state index contributed by atoms with van der Waals surface area (Å²) in [7, 11) is 0. The van der Waals surface area contributed by atoms with E-state index in [0.717, 1.165) is 32.4 Å². The molecule has 82 valence electrons. The second-order valence-electron chi connectivity index (χ2n) is 4.04. The Kier molecular flexibility index (Phi) is 5.60. The summed E-state index contributed by atoms with van der Waals surface area (Å²) in [4.78, 5) is 11.2.